The molecule has 0 aromatic rings. The molecule has 0 aromatic heterocycles. The quantitative estimate of drug-likeness (QED) is 0.813. The molecular formula is C19H36N2O2. The number of ether oxygens (including phenoxy) is 1. The summed E-state index contributed by atoms with van der Waals surface area (Å²) >= 11 is 0. The average molecular weight is 325 g/mol. The molecule has 0 spiro atoms. The van der Waals surface area contributed by atoms with Crippen molar-refractivity contribution in [1.29, 1.82) is 0 Å². The molecule has 2 rings (SSSR count). The molecule has 0 bridgehead atoms. The summed E-state index contributed by atoms with van der Waals surface area (Å²) < 4.78 is 5.43. The second kappa shape index (κ2) is 6.62. The first-order valence-corrected chi connectivity index (χ1v) is 9.23. The third kappa shape index (κ3) is 5.66. The molecule has 4 heteroatoms. The van der Waals surface area contributed by atoms with E-state index < -0.39 is 5.60 Å². The van der Waals surface area contributed by atoms with Crippen molar-refractivity contribution in [2.45, 2.75) is 97.2 Å². The van der Waals surface area contributed by atoms with Crippen molar-refractivity contribution in [2.75, 3.05) is 6.54 Å². The van der Waals surface area contributed by atoms with Crippen molar-refractivity contribution < 1.29 is 9.53 Å². The van der Waals surface area contributed by atoms with Gasteiger partial charge in [-0.15, -0.1) is 0 Å². The van der Waals surface area contributed by atoms with Crippen LogP contribution in [0, 0.1) is 11.3 Å². The zero-order valence-electron chi connectivity index (χ0n) is 15.9. The lowest BCUT2D eigenvalue weighted by Crippen LogP contribution is -2.61. The molecule has 2 atom stereocenters. The smallest absolute Gasteiger partial charge is 0.408 e. The summed E-state index contributed by atoms with van der Waals surface area (Å²) in [5, 5.41) is 6.88. The predicted octanol–water partition coefficient (Wildman–Crippen LogP) is 4.24. The SMILES string of the molecule is CC1CC(NCC2(NC(=O)OC(C)(C)C)CCC2)CC(C)(C)C1. The van der Waals surface area contributed by atoms with Gasteiger partial charge < -0.3 is 15.4 Å². The van der Waals surface area contributed by atoms with Crippen LogP contribution in [-0.4, -0.2) is 29.8 Å². The fourth-order valence-electron chi connectivity index (χ4n) is 4.31. The van der Waals surface area contributed by atoms with Crippen LogP contribution in [0.1, 0.15) is 80.1 Å². The van der Waals surface area contributed by atoms with Gasteiger partial charge in [-0.1, -0.05) is 20.8 Å². The molecule has 2 saturated carbocycles. The number of carbonyl (C=O) groups is 1. The predicted molar refractivity (Wildman–Crippen MR) is 94.5 cm³/mol. The minimum absolute atomic E-state index is 0.104. The minimum Gasteiger partial charge on any atom is -0.444 e. The van der Waals surface area contributed by atoms with Crippen LogP contribution in [0.2, 0.25) is 0 Å². The normalized spacial score (nSPS) is 29.5. The maximum absolute atomic E-state index is 12.1. The summed E-state index contributed by atoms with van der Waals surface area (Å²) in [6.07, 6.45) is 6.77. The molecular weight excluding hydrogens is 288 g/mol. The van der Waals surface area contributed by atoms with Gasteiger partial charge in [-0.25, -0.2) is 4.79 Å². The minimum atomic E-state index is -0.439. The number of hydrogen-bond donors (Lipinski definition) is 2. The first-order valence-electron chi connectivity index (χ1n) is 9.23. The van der Waals surface area contributed by atoms with Gasteiger partial charge in [0.2, 0.25) is 0 Å². The summed E-state index contributed by atoms with van der Waals surface area (Å²) in [6, 6.07) is 0.562. The molecule has 2 aliphatic carbocycles. The van der Waals surface area contributed by atoms with E-state index in [-0.39, 0.29) is 11.6 Å². The van der Waals surface area contributed by atoms with E-state index in [0.717, 1.165) is 25.3 Å². The zero-order chi connectivity index (χ0) is 17.3. The van der Waals surface area contributed by atoms with Crippen molar-refractivity contribution in [3.05, 3.63) is 0 Å². The van der Waals surface area contributed by atoms with E-state index in [9.17, 15) is 4.79 Å². The maximum atomic E-state index is 12.1. The molecule has 0 aromatic carbocycles. The molecule has 4 nitrogen and oxygen atoms in total. The maximum Gasteiger partial charge on any atom is 0.408 e. The zero-order valence-corrected chi connectivity index (χ0v) is 15.9. The summed E-state index contributed by atoms with van der Waals surface area (Å²) in [5.41, 5.74) is -0.126. The number of hydrogen-bond acceptors (Lipinski definition) is 3. The highest BCUT2D eigenvalue weighted by molar-refractivity contribution is 5.69. The van der Waals surface area contributed by atoms with E-state index in [1.54, 1.807) is 0 Å². The number of amides is 1. The van der Waals surface area contributed by atoms with Gasteiger partial charge in [0, 0.05) is 12.6 Å². The van der Waals surface area contributed by atoms with Gasteiger partial charge >= 0.3 is 6.09 Å². The largest absolute Gasteiger partial charge is 0.444 e. The van der Waals surface area contributed by atoms with E-state index >= 15 is 0 Å². The Morgan fingerprint density at radius 1 is 1.22 bits per heavy atom. The Morgan fingerprint density at radius 2 is 1.87 bits per heavy atom. The fraction of sp³-hybridized carbons (Fsp3) is 0.947. The summed E-state index contributed by atoms with van der Waals surface area (Å²) in [6.45, 7) is 13.7. The average Bonchev–Trinajstić information content (AvgIpc) is 2.27. The van der Waals surface area contributed by atoms with Gasteiger partial charge in [0.1, 0.15) is 5.60 Å². The van der Waals surface area contributed by atoms with E-state index in [4.69, 9.17) is 4.74 Å². The van der Waals surface area contributed by atoms with Crippen LogP contribution in [0.25, 0.3) is 0 Å². The van der Waals surface area contributed by atoms with Gasteiger partial charge in [-0.05, 0) is 70.6 Å². The molecule has 2 unspecified atom stereocenters. The Labute approximate surface area is 142 Å². The van der Waals surface area contributed by atoms with Crippen LogP contribution < -0.4 is 10.6 Å². The monoisotopic (exact) mass is 324 g/mol. The number of carbonyl (C=O) groups excluding carboxylic acids is 1. The first-order chi connectivity index (χ1) is 10.5. The Bertz CT molecular complexity index is 422. The Morgan fingerprint density at radius 3 is 2.35 bits per heavy atom. The van der Waals surface area contributed by atoms with Crippen LogP contribution >= 0.6 is 0 Å². The van der Waals surface area contributed by atoms with Crippen molar-refractivity contribution >= 4 is 6.09 Å². The molecule has 23 heavy (non-hydrogen) atoms. The Hall–Kier alpha value is -0.770. The van der Waals surface area contributed by atoms with Gasteiger partial charge in [0.05, 0.1) is 5.54 Å². The molecule has 134 valence electrons. The van der Waals surface area contributed by atoms with Crippen LogP contribution in [0.5, 0.6) is 0 Å². The molecule has 2 N–H and O–H groups in total. The number of rotatable bonds is 4. The van der Waals surface area contributed by atoms with E-state index in [1.807, 2.05) is 20.8 Å². The molecule has 0 radical (unpaired) electrons. The highest BCUT2D eigenvalue weighted by Crippen LogP contribution is 2.39. The van der Waals surface area contributed by atoms with Crippen molar-refractivity contribution in [3.63, 3.8) is 0 Å². The molecule has 2 fully saturated rings. The van der Waals surface area contributed by atoms with Gasteiger partial charge in [-0.3, -0.25) is 0 Å². The third-order valence-corrected chi connectivity index (χ3v) is 5.19. The lowest BCUT2D eigenvalue weighted by molar-refractivity contribution is 0.0368. The second-order valence-corrected chi connectivity index (χ2v) is 9.75. The van der Waals surface area contributed by atoms with Crippen LogP contribution in [0.15, 0.2) is 0 Å². The van der Waals surface area contributed by atoms with E-state index in [1.165, 1.54) is 25.7 Å². The highest BCUT2D eigenvalue weighted by atomic mass is 16.6. The summed E-state index contributed by atoms with van der Waals surface area (Å²) in [4.78, 5) is 12.1. The standard InChI is InChI=1S/C19H36N2O2/c1-14-10-15(12-18(5,6)11-14)20-13-19(8-7-9-19)21-16(22)23-17(2,3)4/h14-15,20H,7-13H2,1-6H3,(H,21,22). The van der Waals surface area contributed by atoms with E-state index in [2.05, 4.69) is 31.4 Å². The molecule has 0 aliphatic heterocycles. The van der Waals surface area contributed by atoms with E-state index in [0.29, 0.717) is 11.5 Å². The Balaban J connectivity index is 1.86. The molecule has 2 aliphatic rings. The third-order valence-electron chi connectivity index (χ3n) is 5.19. The fourth-order valence-corrected chi connectivity index (χ4v) is 4.31. The summed E-state index contributed by atoms with van der Waals surface area (Å²) in [7, 11) is 0. The first kappa shape index (κ1) is 18.6. The van der Waals surface area contributed by atoms with Gasteiger partial charge in [0.15, 0.2) is 0 Å². The topological polar surface area (TPSA) is 50.4 Å². The van der Waals surface area contributed by atoms with Crippen molar-refractivity contribution in [3.8, 4) is 0 Å². The van der Waals surface area contributed by atoms with Gasteiger partial charge in [0.25, 0.3) is 0 Å². The van der Waals surface area contributed by atoms with Crippen molar-refractivity contribution in [2.24, 2.45) is 11.3 Å². The number of alkyl carbamates (subject to hydrolysis) is 1. The highest BCUT2D eigenvalue weighted by Gasteiger charge is 2.40. The van der Waals surface area contributed by atoms with Crippen LogP contribution in [-0.2, 0) is 4.74 Å². The molecule has 1 amide bonds. The van der Waals surface area contributed by atoms with Crippen molar-refractivity contribution in [1.82, 2.24) is 10.6 Å². The summed E-state index contributed by atoms with van der Waals surface area (Å²) in [5.74, 6) is 0.771. The van der Waals surface area contributed by atoms with Gasteiger partial charge in [-0.2, -0.15) is 0 Å². The van der Waals surface area contributed by atoms with Crippen LogP contribution in [0.3, 0.4) is 0 Å². The van der Waals surface area contributed by atoms with Crippen LogP contribution in [0.4, 0.5) is 4.79 Å². The molecule has 0 heterocycles. The Kier molecular flexibility index (Phi) is 5.34. The second-order valence-electron chi connectivity index (χ2n) is 9.75. The number of nitrogens with one attached hydrogen (secondary N) is 2. The molecule has 0 saturated heterocycles. The lowest BCUT2D eigenvalue weighted by Gasteiger charge is -2.45. The lowest BCUT2D eigenvalue weighted by atomic mass is 9.70.